The van der Waals surface area contributed by atoms with Crippen molar-refractivity contribution >= 4 is 10.8 Å². The van der Waals surface area contributed by atoms with E-state index >= 15 is 0 Å². The van der Waals surface area contributed by atoms with E-state index in [1.165, 1.54) is 61.5 Å². The normalized spacial score (nSPS) is 22.3. The number of piperazine rings is 1. The van der Waals surface area contributed by atoms with Gasteiger partial charge in [0.25, 0.3) is 0 Å². The zero-order valence-electron chi connectivity index (χ0n) is 14.0. The van der Waals surface area contributed by atoms with E-state index in [9.17, 15) is 0 Å². The summed E-state index contributed by atoms with van der Waals surface area (Å²) in [6, 6.07) is 16.6. The molecule has 2 aromatic rings. The molecule has 2 heteroatoms. The van der Waals surface area contributed by atoms with Crippen LogP contribution in [0.3, 0.4) is 0 Å². The van der Waals surface area contributed by atoms with Gasteiger partial charge >= 0.3 is 0 Å². The summed E-state index contributed by atoms with van der Waals surface area (Å²) in [5.41, 5.74) is 1.54. The van der Waals surface area contributed by atoms with Crippen LogP contribution in [-0.2, 0) is 0 Å². The van der Waals surface area contributed by atoms with Crippen molar-refractivity contribution in [2.75, 3.05) is 26.2 Å². The molecule has 0 amide bonds. The predicted molar refractivity (Wildman–Crippen MR) is 97.7 cm³/mol. The fraction of sp³-hybridized carbons (Fsp3) is 0.524. The highest BCUT2D eigenvalue weighted by atomic mass is 15.2. The number of nitrogens with one attached hydrogen (secondary N) is 1. The van der Waals surface area contributed by atoms with Gasteiger partial charge in [-0.05, 0) is 41.2 Å². The first-order valence-electron chi connectivity index (χ1n) is 9.35. The first-order valence-corrected chi connectivity index (χ1v) is 9.35. The van der Waals surface area contributed by atoms with E-state index < -0.39 is 0 Å². The summed E-state index contributed by atoms with van der Waals surface area (Å²) in [6.45, 7) is 4.65. The molecular formula is C21H28N2. The van der Waals surface area contributed by atoms with Gasteiger partial charge in [0.2, 0.25) is 0 Å². The molecule has 1 saturated carbocycles. The molecular weight excluding hydrogens is 280 g/mol. The predicted octanol–water partition coefficient (Wildman–Crippen LogP) is 4.37. The van der Waals surface area contributed by atoms with Crippen molar-refractivity contribution in [3.8, 4) is 0 Å². The molecule has 0 unspecified atom stereocenters. The molecule has 0 bridgehead atoms. The Balaban J connectivity index is 1.69. The minimum Gasteiger partial charge on any atom is -0.314 e. The molecule has 1 heterocycles. The summed E-state index contributed by atoms with van der Waals surface area (Å²) < 4.78 is 0. The van der Waals surface area contributed by atoms with Gasteiger partial charge in [0.05, 0.1) is 0 Å². The lowest BCUT2D eigenvalue weighted by Gasteiger charge is -2.41. The van der Waals surface area contributed by atoms with Crippen LogP contribution in [0.4, 0.5) is 0 Å². The second-order valence-electron chi connectivity index (χ2n) is 7.24. The van der Waals surface area contributed by atoms with Crippen LogP contribution in [0.15, 0.2) is 42.5 Å². The van der Waals surface area contributed by atoms with E-state index in [0.717, 1.165) is 19.0 Å². The lowest BCUT2D eigenvalue weighted by atomic mass is 9.80. The average Bonchev–Trinajstić information content (AvgIpc) is 2.64. The topological polar surface area (TPSA) is 15.3 Å². The van der Waals surface area contributed by atoms with Crippen LogP contribution in [0.1, 0.15) is 43.7 Å². The van der Waals surface area contributed by atoms with E-state index in [1.807, 2.05) is 0 Å². The Morgan fingerprint density at radius 2 is 1.61 bits per heavy atom. The molecule has 2 fully saturated rings. The molecule has 2 nitrogen and oxygen atoms in total. The Bertz CT molecular complexity index is 621. The van der Waals surface area contributed by atoms with E-state index in [-0.39, 0.29) is 0 Å². The molecule has 0 spiro atoms. The molecule has 122 valence electrons. The summed E-state index contributed by atoms with van der Waals surface area (Å²) >= 11 is 0. The summed E-state index contributed by atoms with van der Waals surface area (Å²) in [5.74, 6) is 0.836. The quantitative estimate of drug-likeness (QED) is 0.906. The van der Waals surface area contributed by atoms with Crippen molar-refractivity contribution in [1.82, 2.24) is 10.2 Å². The van der Waals surface area contributed by atoms with Gasteiger partial charge in [-0.2, -0.15) is 0 Å². The number of hydrogen-bond acceptors (Lipinski definition) is 2. The van der Waals surface area contributed by atoms with Crippen molar-refractivity contribution in [2.45, 2.75) is 38.1 Å². The van der Waals surface area contributed by atoms with Gasteiger partial charge in [0, 0.05) is 32.2 Å². The standard InChI is InChI=1S/C21H28N2/c1-2-7-18(8-3-1)21(23-14-12-22-13-15-23)20-11-10-17-6-4-5-9-19(17)16-20/h4-6,9-11,16,18,21-22H,1-3,7-8,12-15H2/t21-/m0/s1. The first-order chi connectivity index (χ1) is 11.4. The Morgan fingerprint density at radius 3 is 2.39 bits per heavy atom. The van der Waals surface area contributed by atoms with Gasteiger partial charge in [-0.15, -0.1) is 0 Å². The summed E-state index contributed by atoms with van der Waals surface area (Å²) in [7, 11) is 0. The van der Waals surface area contributed by atoms with Crippen LogP contribution in [-0.4, -0.2) is 31.1 Å². The molecule has 1 aliphatic carbocycles. The SMILES string of the molecule is c1ccc2cc([C@H](C3CCCCC3)N3CCNCC3)ccc2c1. The average molecular weight is 308 g/mol. The summed E-state index contributed by atoms with van der Waals surface area (Å²) in [4.78, 5) is 2.75. The Kier molecular flexibility index (Phi) is 4.63. The zero-order valence-corrected chi connectivity index (χ0v) is 14.0. The third-order valence-electron chi connectivity index (χ3n) is 5.76. The van der Waals surface area contributed by atoms with Gasteiger partial charge in [0.1, 0.15) is 0 Å². The zero-order chi connectivity index (χ0) is 15.5. The Morgan fingerprint density at radius 1 is 0.870 bits per heavy atom. The molecule has 2 aromatic carbocycles. The molecule has 1 N–H and O–H groups in total. The lowest BCUT2D eigenvalue weighted by Crippen LogP contribution is -2.47. The molecule has 1 aliphatic heterocycles. The number of nitrogens with zero attached hydrogens (tertiary/aromatic N) is 1. The van der Waals surface area contributed by atoms with Crippen molar-refractivity contribution in [3.05, 3.63) is 48.0 Å². The van der Waals surface area contributed by atoms with Gasteiger partial charge < -0.3 is 5.32 Å². The first kappa shape index (κ1) is 15.2. The number of hydrogen-bond donors (Lipinski definition) is 1. The summed E-state index contributed by atoms with van der Waals surface area (Å²) in [6.07, 6.45) is 7.08. The largest absolute Gasteiger partial charge is 0.314 e. The van der Waals surface area contributed by atoms with E-state index in [1.54, 1.807) is 0 Å². The lowest BCUT2D eigenvalue weighted by molar-refractivity contribution is 0.103. The number of fused-ring (bicyclic) bond motifs is 1. The van der Waals surface area contributed by atoms with Crippen molar-refractivity contribution in [3.63, 3.8) is 0 Å². The third-order valence-corrected chi connectivity index (χ3v) is 5.76. The molecule has 23 heavy (non-hydrogen) atoms. The molecule has 1 atom stereocenters. The molecule has 0 radical (unpaired) electrons. The fourth-order valence-electron chi connectivity index (χ4n) is 4.58. The van der Waals surface area contributed by atoms with Crippen LogP contribution in [0, 0.1) is 5.92 Å². The van der Waals surface area contributed by atoms with E-state index in [0.29, 0.717) is 6.04 Å². The minimum absolute atomic E-state index is 0.613. The smallest absolute Gasteiger partial charge is 0.0377 e. The van der Waals surface area contributed by atoms with Crippen molar-refractivity contribution < 1.29 is 0 Å². The van der Waals surface area contributed by atoms with Crippen LogP contribution < -0.4 is 5.32 Å². The van der Waals surface area contributed by atoms with Crippen LogP contribution >= 0.6 is 0 Å². The maximum atomic E-state index is 3.51. The highest BCUT2D eigenvalue weighted by Gasteiger charge is 2.30. The summed E-state index contributed by atoms with van der Waals surface area (Å²) in [5, 5.41) is 6.26. The minimum atomic E-state index is 0.613. The molecule has 4 rings (SSSR count). The van der Waals surface area contributed by atoms with Gasteiger partial charge in [-0.25, -0.2) is 0 Å². The van der Waals surface area contributed by atoms with Gasteiger partial charge in [-0.3, -0.25) is 4.90 Å². The molecule has 1 saturated heterocycles. The van der Waals surface area contributed by atoms with Gasteiger partial charge in [0.15, 0.2) is 0 Å². The second kappa shape index (κ2) is 7.02. The molecule has 0 aromatic heterocycles. The Labute approximate surface area is 139 Å². The van der Waals surface area contributed by atoms with Gasteiger partial charge in [-0.1, -0.05) is 55.7 Å². The van der Waals surface area contributed by atoms with E-state index in [4.69, 9.17) is 0 Å². The second-order valence-corrected chi connectivity index (χ2v) is 7.24. The highest BCUT2D eigenvalue weighted by Crippen LogP contribution is 2.39. The number of benzene rings is 2. The molecule has 2 aliphatic rings. The van der Waals surface area contributed by atoms with E-state index in [2.05, 4.69) is 52.7 Å². The van der Waals surface area contributed by atoms with Crippen LogP contribution in [0.2, 0.25) is 0 Å². The monoisotopic (exact) mass is 308 g/mol. The number of rotatable bonds is 3. The third kappa shape index (κ3) is 3.29. The van der Waals surface area contributed by atoms with Crippen LogP contribution in [0.5, 0.6) is 0 Å². The van der Waals surface area contributed by atoms with Crippen molar-refractivity contribution in [2.24, 2.45) is 5.92 Å². The maximum absolute atomic E-state index is 3.51. The fourth-order valence-corrected chi connectivity index (χ4v) is 4.58. The Hall–Kier alpha value is -1.38. The maximum Gasteiger partial charge on any atom is 0.0377 e. The van der Waals surface area contributed by atoms with Crippen molar-refractivity contribution in [1.29, 1.82) is 0 Å². The van der Waals surface area contributed by atoms with Crippen LogP contribution in [0.25, 0.3) is 10.8 Å². The highest BCUT2D eigenvalue weighted by molar-refractivity contribution is 5.83.